The number of amides is 1. The standard InChI is InChI=1S/C14H15N3O/c1-11(18)16-10-13(17-8-4-7-15-17)9-12-5-2-3-6-14(12)16/h2-8,13H,9-10H2,1H3. The molecular weight excluding hydrogens is 226 g/mol. The molecule has 2 heterocycles. The summed E-state index contributed by atoms with van der Waals surface area (Å²) < 4.78 is 1.94. The average molecular weight is 241 g/mol. The maximum absolute atomic E-state index is 11.8. The molecule has 0 saturated heterocycles. The molecule has 0 fully saturated rings. The predicted molar refractivity (Wildman–Crippen MR) is 69.4 cm³/mol. The Bertz CT molecular complexity index is 562. The smallest absolute Gasteiger partial charge is 0.223 e. The lowest BCUT2D eigenvalue weighted by molar-refractivity contribution is -0.116. The third-order valence-electron chi connectivity index (χ3n) is 3.41. The number of hydrogen-bond acceptors (Lipinski definition) is 2. The summed E-state index contributed by atoms with van der Waals surface area (Å²) in [5, 5.41) is 4.29. The minimum absolute atomic E-state index is 0.0827. The molecule has 1 aliphatic heterocycles. The molecule has 0 saturated carbocycles. The van der Waals surface area contributed by atoms with E-state index in [0.717, 1.165) is 12.1 Å². The number of carbonyl (C=O) groups excluding carboxylic acids is 1. The fourth-order valence-corrected chi connectivity index (χ4v) is 2.55. The lowest BCUT2D eigenvalue weighted by atomic mass is 9.98. The summed E-state index contributed by atoms with van der Waals surface area (Å²) >= 11 is 0. The van der Waals surface area contributed by atoms with Gasteiger partial charge in [-0.1, -0.05) is 18.2 Å². The number of hydrogen-bond donors (Lipinski definition) is 0. The van der Waals surface area contributed by atoms with Gasteiger partial charge in [0.2, 0.25) is 5.91 Å². The molecule has 1 amide bonds. The summed E-state index contributed by atoms with van der Waals surface area (Å²) in [7, 11) is 0. The minimum Gasteiger partial charge on any atom is -0.310 e. The van der Waals surface area contributed by atoms with Gasteiger partial charge in [0, 0.05) is 31.5 Å². The van der Waals surface area contributed by atoms with Gasteiger partial charge < -0.3 is 4.90 Å². The zero-order valence-corrected chi connectivity index (χ0v) is 10.3. The summed E-state index contributed by atoms with van der Waals surface area (Å²) in [6.07, 6.45) is 4.65. The van der Waals surface area contributed by atoms with Crippen molar-refractivity contribution in [3.8, 4) is 0 Å². The summed E-state index contributed by atoms with van der Waals surface area (Å²) in [5.41, 5.74) is 2.24. The third kappa shape index (κ3) is 1.79. The highest BCUT2D eigenvalue weighted by atomic mass is 16.2. The second kappa shape index (κ2) is 4.29. The minimum atomic E-state index is 0.0827. The van der Waals surface area contributed by atoms with E-state index in [1.807, 2.05) is 40.0 Å². The second-order valence-electron chi connectivity index (χ2n) is 4.60. The quantitative estimate of drug-likeness (QED) is 0.766. The van der Waals surface area contributed by atoms with Crippen molar-refractivity contribution in [2.75, 3.05) is 11.4 Å². The van der Waals surface area contributed by atoms with E-state index < -0.39 is 0 Å². The normalized spacial score (nSPS) is 18.5. The van der Waals surface area contributed by atoms with Crippen LogP contribution in [-0.2, 0) is 11.2 Å². The maximum Gasteiger partial charge on any atom is 0.223 e. The molecule has 92 valence electrons. The zero-order valence-electron chi connectivity index (χ0n) is 10.3. The van der Waals surface area contributed by atoms with E-state index in [4.69, 9.17) is 0 Å². The Morgan fingerprint density at radius 2 is 2.17 bits per heavy atom. The molecule has 18 heavy (non-hydrogen) atoms. The van der Waals surface area contributed by atoms with E-state index in [9.17, 15) is 4.79 Å². The summed E-state index contributed by atoms with van der Waals surface area (Å²) in [6.45, 7) is 2.30. The molecule has 0 bridgehead atoms. The number of carbonyl (C=O) groups is 1. The van der Waals surface area contributed by atoms with Crippen LogP contribution < -0.4 is 4.90 Å². The topological polar surface area (TPSA) is 38.1 Å². The van der Waals surface area contributed by atoms with Crippen molar-refractivity contribution in [2.45, 2.75) is 19.4 Å². The van der Waals surface area contributed by atoms with Crippen LogP contribution in [0.1, 0.15) is 18.5 Å². The molecule has 0 aliphatic carbocycles. The van der Waals surface area contributed by atoms with Gasteiger partial charge in [0.1, 0.15) is 0 Å². The largest absolute Gasteiger partial charge is 0.310 e. The highest BCUT2D eigenvalue weighted by Crippen LogP contribution is 2.31. The van der Waals surface area contributed by atoms with Crippen LogP contribution in [0.4, 0.5) is 5.69 Å². The Balaban J connectivity index is 2.00. The molecule has 1 aliphatic rings. The number of para-hydroxylation sites is 1. The summed E-state index contributed by atoms with van der Waals surface area (Å²) in [4.78, 5) is 13.6. The fourth-order valence-electron chi connectivity index (χ4n) is 2.55. The van der Waals surface area contributed by atoms with Crippen molar-refractivity contribution in [1.82, 2.24) is 9.78 Å². The van der Waals surface area contributed by atoms with Gasteiger partial charge in [0.05, 0.1) is 6.04 Å². The zero-order chi connectivity index (χ0) is 12.5. The SMILES string of the molecule is CC(=O)N1CC(n2cccn2)Cc2ccccc21. The molecule has 1 unspecified atom stereocenters. The first kappa shape index (κ1) is 11.0. The van der Waals surface area contributed by atoms with E-state index in [0.29, 0.717) is 6.54 Å². The van der Waals surface area contributed by atoms with Crippen molar-refractivity contribution in [3.05, 3.63) is 48.3 Å². The molecule has 4 heteroatoms. The van der Waals surface area contributed by atoms with Crippen molar-refractivity contribution in [2.24, 2.45) is 0 Å². The third-order valence-corrected chi connectivity index (χ3v) is 3.41. The first-order valence-corrected chi connectivity index (χ1v) is 6.11. The summed E-state index contributed by atoms with van der Waals surface area (Å²) in [6, 6.07) is 10.2. The van der Waals surface area contributed by atoms with Crippen LogP contribution in [0.5, 0.6) is 0 Å². The van der Waals surface area contributed by atoms with E-state index >= 15 is 0 Å². The van der Waals surface area contributed by atoms with Crippen molar-refractivity contribution >= 4 is 11.6 Å². The highest BCUT2D eigenvalue weighted by molar-refractivity contribution is 5.92. The molecule has 2 aromatic rings. The first-order chi connectivity index (χ1) is 8.75. The maximum atomic E-state index is 11.8. The van der Waals surface area contributed by atoms with E-state index in [-0.39, 0.29) is 11.9 Å². The van der Waals surface area contributed by atoms with Crippen LogP contribution >= 0.6 is 0 Å². The average Bonchev–Trinajstić information content (AvgIpc) is 2.91. The monoisotopic (exact) mass is 241 g/mol. The Morgan fingerprint density at radius 3 is 2.89 bits per heavy atom. The van der Waals surface area contributed by atoms with Gasteiger partial charge in [-0.2, -0.15) is 5.10 Å². The number of aromatic nitrogens is 2. The summed E-state index contributed by atoms with van der Waals surface area (Å²) in [5.74, 6) is 0.0827. The van der Waals surface area contributed by atoms with Crippen LogP contribution in [0.3, 0.4) is 0 Å². The van der Waals surface area contributed by atoms with E-state index in [1.165, 1.54) is 5.56 Å². The lowest BCUT2D eigenvalue weighted by Gasteiger charge is -2.34. The second-order valence-corrected chi connectivity index (χ2v) is 4.60. The highest BCUT2D eigenvalue weighted by Gasteiger charge is 2.27. The number of anilines is 1. The van der Waals surface area contributed by atoms with Gasteiger partial charge in [0.15, 0.2) is 0 Å². The van der Waals surface area contributed by atoms with Gasteiger partial charge in [-0.15, -0.1) is 0 Å². The van der Waals surface area contributed by atoms with Crippen LogP contribution in [0, 0.1) is 0 Å². The molecular formula is C14H15N3O. The number of benzene rings is 1. The molecule has 4 nitrogen and oxygen atoms in total. The molecule has 0 radical (unpaired) electrons. The van der Waals surface area contributed by atoms with Gasteiger partial charge in [0.25, 0.3) is 0 Å². The Hall–Kier alpha value is -2.10. The Morgan fingerprint density at radius 1 is 1.33 bits per heavy atom. The Labute approximate surface area is 106 Å². The van der Waals surface area contributed by atoms with Gasteiger partial charge in [-0.3, -0.25) is 9.48 Å². The Kier molecular flexibility index (Phi) is 2.63. The molecule has 1 aromatic carbocycles. The first-order valence-electron chi connectivity index (χ1n) is 6.11. The van der Waals surface area contributed by atoms with Crippen LogP contribution in [0.15, 0.2) is 42.7 Å². The number of fused-ring (bicyclic) bond motifs is 1. The van der Waals surface area contributed by atoms with Gasteiger partial charge in [-0.05, 0) is 24.1 Å². The molecule has 1 atom stereocenters. The van der Waals surface area contributed by atoms with Crippen molar-refractivity contribution in [1.29, 1.82) is 0 Å². The lowest BCUT2D eigenvalue weighted by Crippen LogP contribution is -2.39. The molecule has 0 spiro atoms. The van der Waals surface area contributed by atoms with E-state index in [2.05, 4.69) is 11.2 Å². The van der Waals surface area contributed by atoms with Gasteiger partial charge >= 0.3 is 0 Å². The van der Waals surface area contributed by atoms with Crippen molar-refractivity contribution < 1.29 is 4.79 Å². The number of nitrogens with zero attached hydrogens (tertiary/aromatic N) is 3. The van der Waals surface area contributed by atoms with Crippen LogP contribution in [0.2, 0.25) is 0 Å². The van der Waals surface area contributed by atoms with Gasteiger partial charge in [-0.25, -0.2) is 0 Å². The molecule has 3 rings (SSSR count). The van der Waals surface area contributed by atoms with Crippen LogP contribution in [-0.4, -0.2) is 22.2 Å². The number of rotatable bonds is 1. The molecule has 1 aromatic heterocycles. The van der Waals surface area contributed by atoms with Crippen molar-refractivity contribution in [3.63, 3.8) is 0 Å². The predicted octanol–water partition coefficient (Wildman–Crippen LogP) is 2.03. The van der Waals surface area contributed by atoms with E-state index in [1.54, 1.807) is 13.1 Å². The molecule has 0 N–H and O–H groups in total. The van der Waals surface area contributed by atoms with Crippen LogP contribution in [0.25, 0.3) is 0 Å². The fraction of sp³-hybridized carbons (Fsp3) is 0.286.